The molecule has 0 saturated carbocycles. The van der Waals surface area contributed by atoms with Crippen LogP contribution in [0, 0.1) is 0 Å². The second-order valence-corrected chi connectivity index (χ2v) is 5.14. The van der Waals surface area contributed by atoms with Crippen LogP contribution in [0.4, 0.5) is 11.4 Å². The van der Waals surface area contributed by atoms with E-state index in [2.05, 4.69) is 9.97 Å². The van der Waals surface area contributed by atoms with Crippen molar-refractivity contribution in [3.05, 3.63) is 36.5 Å². The average Bonchev–Trinajstić information content (AvgIpc) is 3.11. The third-order valence-corrected chi connectivity index (χ3v) is 3.24. The van der Waals surface area contributed by atoms with Crippen molar-refractivity contribution in [2.24, 2.45) is 0 Å². The Bertz CT molecular complexity index is 808. The van der Waals surface area contributed by atoms with Crippen LogP contribution >= 0.6 is 0 Å². The molecule has 140 valence electrons. The smallest absolute Gasteiger partial charge is 0.240 e. The molecule has 2 aromatic heterocycles. The number of aliphatic hydroxyl groups excluding tert-OH is 2. The van der Waals surface area contributed by atoms with Crippen molar-refractivity contribution in [3.8, 4) is 17.5 Å². The predicted molar refractivity (Wildman–Crippen MR) is 98.2 cm³/mol. The van der Waals surface area contributed by atoms with Gasteiger partial charge in [0.25, 0.3) is 0 Å². The van der Waals surface area contributed by atoms with E-state index in [9.17, 15) is 5.11 Å². The SMILES string of the molecule is Nc1cc(N)c(OCCO)nc1OCCO.Oc1cccc2[nH]ccc12. The van der Waals surface area contributed by atoms with Crippen LogP contribution in [0.2, 0.25) is 0 Å². The Morgan fingerprint density at radius 2 is 1.58 bits per heavy atom. The molecule has 1 aromatic carbocycles. The quantitative estimate of drug-likeness (QED) is 0.376. The number of nitrogens with zero attached hydrogens (tertiary/aromatic N) is 1. The number of benzene rings is 1. The molecule has 8 N–H and O–H groups in total. The molecular weight excluding hydrogens is 340 g/mol. The van der Waals surface area contributed by atoms with Crippen LogP contribution in [0.3, 0.4) is 0 Å². The molecule has 3 aromatic rings. The Balaban J connectivity index is 0.000000206. The van der Waals surface area contributed by atoms with Crippen molar-refractivity contribution in [2.75, 3.05) is 37.9 Å². The molecule has 26 heavy (non-hydrogen) atoms. The Morgan fingerprint density at radius 3 is 2.12 bits per heavy atom. The van der Waals surface area contributed by atoms with E-state index in [4.69, 9.17) is 31.2 Å². The number of nitrogen functional groups attached to an aromatic ring is 2. The lowest BCUT2D eigenvalue weighted by atomic mass is 10.2. The van der Waals surface area contributed by atoms with Gasteiger partial charge in [-0.3, -0.25) is 0 Å². The van der Waals surface area contributed by atoms with Gasteiger partial charge in [-0.15, -0.1) is 0 Å². The summed E-state index contributed by atoms with van der Waals surface area (Å²) in [4.78, 5) is 6.93. The van der Waals surface area contributed by atoms with Crippen molar-refractivity contribution in [1.29, 1.82) is 0 Å². The number of hydrogen-bond donors (Lipinski definition) is 6. The summed E-state index contributed by atoms with van der Waals surface area (Å²) in [6.07, 6.45) is 1.81. The first kappa shape index (κ1) is 19.2. The zero-order valence-corrected chi connectivity index (χ0v) is 14.1. The van der Waals surface area contributed by atoms with Crippen LogP contribution in [0.25, 0.3) is 10.9 Å². The second-order valence-electron chi connectivity index (χ2n) is 5.14. The van der Waals surface area contributed by atoms with Crippen LogP contribution in [0.5, 0.6) is 17.5 Å². The van der Waals surface area contributed by atoms with Crippen molar-refractivity contribution in [1.82, 2.24) is 9.97 Å². The number of nitrogens with one attached hydrogen (secondary N) is 1. The molecule has 0 fully saturated rings. The molecule has 0 bridgehead atoms. The monoisotopic (exact) mass is 362 g/mol. The Labute approximate surface area is 149 Å². The number of aromatic nitrogens is 2. The summed E-state index contributed by atoms with van der Waals surface area (Å²) in [6, 6.07) is 8.72. The molecule has 0 amide bonds. The van der Waals surface area contributed by atoms with E-state index < -0.39 is 0 Å². The number of anilines is 2. The number of aliphatic hydroxyl groups is 2. The molecule has 0 aliphatic heterocycles. The van der Waals surface area contributed by atoms with Crippen molar-refractivity contribution in [2.45, 2.75) is 0 Å². The second kappa shape index (κ2) is 9.35. The minimum Gasteiger partial charge on any atom is -0.507 e. The maximum absolute atomic E-state index is 9.24. The normalized spacial score (nSPS) is 10.2. The van der Waals surface area contributed by atoms with E-state index in [1.807, 2.05) is 24.4 Å². The molecule has 0 radical (unpaired) electrons. The van der Waals surface area contributed by atoms with Crippen LogP contribution in [0.1, 0.15) is 0 Å². The van der Waals surface area contributed by atoms with Gasteiger partial charge in [-0.2, -0.15) is 4.98 Å². The molecule has 9 heteroatoms. The van der Waals surface area contributed by atoms with Gasteiger partial charge < -0.3 is 41.2 Å². The molecule has 0 unspecified atom stereocenters. The number of pyridine rings is 1. The number of aromatic amines is 1. The van der Waals surface area contributed by atoms with Gasteiger partial charge in [-0.05, 0) is 24.3 Å². The maximum Gasteiger partial charge on any atom is 0.240 e. The van der Waals surface area contributed by atoms with Crippen molar-refractivity contribution < 1.29 is 24.8 Å². The highest BCUT2D eigenvalue weighted by Gasteiger charge is 2.09. The molecule has 0 spiro atoms. The summed E-state index contributed by atoms with van der Waals surface area (Å²) < 4.78 is 10.2. The van der Waals surface area contributed by atoms with E-state index in [-0.39, 0.29) is 49.6 Å². The summed E-state index contributed by atoms with van der Waals surface area (Å²) in [5, 5.41) is 27.3. The number of hydrogen-bond acceptors (Lipinski definition) is 8. The summed E-state index contributed by atoms with van der Waals surface area (Å²) in [5.74, 6) is 0.631. The molecule has 3 rings (SSSR count). The number of ether oxygens (including phenoxy) is 2. The van der Waals surface area contributed by atoms with E-state index in [0.717, 1.165) is 10.9 Å². The van der Waals surface area contributed by atoms with Crippen LogP contribution in [-0.4, -0.2) is 51.7 Å². The Morgan fingerprint density at radius 1 is 0.962 bits per heavy atom. The summed E-state index contributed by atoms with van der Waals surface area (Å²) in [6.45, 7) is -0.113. The van der Waals surface area contributed by atoms with Crippen molar-refractivity contribution in [3.63, 3.8) is 0 Å². The predicted octanol–water partition coefficient (Wildman–Crippen LogP) is 0.862. The summed E-state index contributed by atoms with van der Waals surface area (Å²) >= 11 is 0. The lowest BCUT2D eigenvalue weighted by Gasteiger charge is -2.11. The summed E-state index contributed by atoms with van der Waals surface area (Å²) in [5.41, 5.74) is 12.7. The largest absolute Gasteiger partial charge is 0.507 e. The Hall–Kier alpha value is -3.17. The third-order valence-electron chi connectivity index (χ3n) is 3.24. The number of phenols is 1. The van der Waals surface area contributed by atoms with Gasteiger partial charge in [0, 0.05) is 17.1 Å². The molecule has 0 saturated heterocycles. The van der Waals surface area contributed by atoms with E-state index in [1.54, 1.807) is 6.07 Å². The number of phenolic OH excluding ortho intramolecular Hbond substituents is 1. The number of nitrogens with two attached hydrogens (primary N) is 2. The number of aromatic hydroxyl groups is 1. The number of rotatable bonds is 6. The van der Waals surface area contributed by atoms with Crippen LogP contribution in [-0.2, 0) is 0 Å². The zero-order valence-electron chi connectivity index (χ0n) is 14.1. The van der Waals surface area contributed by atoms with Crippen LogP contribution < -0.4 is 20.9 Å². The first-order valence-corrected chi connectivity index (χ1v) is 7.85. The van der Waals surface area contributed by atoms with Crippen LogP contribution in [0.15, 0.2) is 36.5 Å². The third kappa shape index (κ3) is 4.91. The van der Waals surface area contributed by atoms with Gasteiger partial charge in [0.15, 0.2) is 0 Å². The van der Waals surface area contributed by atoms with Gasteiger partial charge >= 0.3 is 0 Å². The van der Waals surface area contributed by atoms with Gasteiger partial charge in [-0.25, -0.2) is 0 Å². The minimum atomic E-state index is -0.141. The zero-order chi connectivity index (χ0) is 18.9. The molecule has 2 heterocycles. The lowest BCUT2D eigenvalue weighted by Crippen LogP contribution is -2.10. The first-order chi connectivity index (χ1) is 12.6. The highest BCUT2D eigenvalue weighted by atomic mass is 16.5. The standard InChI is InChI=1S/C9H15N3O4.C8H7NO/c10-6-5-7(11)9(16-4-2-14)12-8(6)15-3-1-13;10-8-3-1-2-7-6(8)4-5-9-7/h5,13-14H,1-4,10-11H2;1-5,9-10H. The summed E-state index contributed by atoms with van der Waals surface area (Å²) in [7, 11) is 0. The average molecular weight is 362 g/mol. The fraction of sp³-hybridized carbons (Fsp3) is 0.235. The molecular formula is C17H22N4O5. The fourth-order valence-electron chi connectivity index (χ4n) is 2.10. The van der Waals surface area contributed by atoms with E-state index in [1.165, 1.54) is 6.07 Å². The molecule has 0 aliphatic rings. The Kier molecular flexibility index (Phi) is 6.89. The maximum atomic E-state index is 9.24. The van der Waals surface area contributed by atoms with Gasteiger partial charge in [-0.1, -0.05) is 6.07 Å². The van der Waals surface area contributed by atoms with Crippen molar-refractivity contribution >= 4 is 22.3 Å². The topological polar surface area (TPSA) is 160 Å². The van der Waals surface area contributed by atoms with E-state index >= 15 is 0 Å². The fourth-order valence-corrected chi connectivity index (χ4v) is 2.10. The van der Waals surface area contributed by atoms with E-state index in [0.29, 0.717) is 5.75 Å². The minimum absolute atomic E-state index is 0.0839. The van der Waals surface area contributed by atoms with Gasteiger partial charge in [0.2, 0.25) is 11.8 Å². The number of H-pyrrole nitrogens is 1. The highest BCUT2D eigenvalue weighted by Crippen LogP contribution is 2.28. The highest BCUT2D eigenvalue weighted by molar-refractivity contribution is 5.85. The molecule has 0 aliphatic carbocycles. The number of fused-ring (bicyclic) bond motifs is 1. The molecule has 9 nitrogen and oxygen atoms in total. The lowest BCUT2D eigenvalue weighted by molar-refractivity contribution is 0.186. The van der Waals surface area contributed by atoms with Gasteiger partial charge in [0.1, 0.15) is 19.0 Å². The first-order valence-electron chi connectivity index (χ1n) is 7.85. The van der Waals surface area contributed by atoms with Gasteiger partial charge in [0.05, 0.1) is 24.6 Å². The molecule has 0 atom stereocenters.